The van der Waals surface area contributed by atoms with Crippen LogP contribution in [0.4, 0.5) is 5.13 Å². The van der Waals surface area contributed by atoms with E-state index >= 15 is 0 Å². The van der Waals surface area contributed by atoms with Crippen LogP contribution in [0.25, 0.3) is 0 Å². The van der Waals surface area contributed by atoms with Crippen LogP contribution in [-0.2, 0) is 30.6 Å². The van der Waals surface area contributed by atoms with Gasteiger partial charge in [-0.25, -0.2) is 19.1 Å². The minimum atomic E-state index is -1.22. The van der Waals surface area contributed by atoms with Crippen LogP contribution in [0.3, 0.4) is 0 Å². The maximum Gasteiger partial charge on any atom is 0.352 e. The van der Waals surface area contributed by atoms with E-state index in [-0.39, 0.29) is 28.8 Å². The van der Waals surface area contributed by atoms with Crippen LogP contribution < -0.4 is 15.6 Å². The van der Waals surface area contributed by atoms with Gasteiger partial charge in [0.2, 0.25) is 0 Å². The zero-order valence-corrected chi connectivity index (χ0v) is 20.6. The first kappa shape index (κ1) is 25.8. The van der Waals surface area contributed by atoms with Gasteiger partial charge in [0.15, 0.2) is 29.8 Å². The lowest BCUT2D eigenvalue weighted by Gasteiger charge is -2.49. The van der Waals surface area contributed by atoms with E-state index in [4.69, 9.17) is 15.7 Å². The summed E-state index contributed by atoms with van der Waals surface area (Å²) in [6.45, 7) is 0.0744. The SMILES string of the molecule is Nc1nc(/C(=N\OC/C=C/C(=O)O)C(=O)NC2C(=O)N3C(C(=O)O)=C(C[n+]4ccccc4)CS[C@H]23)cs1. The number of thioether (sulfide) groups is 1. The molecule has 1 saturated heterocycles. The van der Waals surface area contributed by atoms with Gasteiger partial charge in [0.05, 0.1) is 0 Å². The number of aliphatic carboxylic acids is 2. The lowest BCUT2D eigenvalue weighted by molar-refractivity contribution is -0.689. The summed E-state index contributed by atoms with van der Waals surface area (Å²) in [6.07, 6.45) is 5.65. The van der Waals surface area contributed by atoms with Crippen LogP contribution in [0, 0.1) is 0 Å². The van der Waals surface area contributed by atoms with Gasteiger partial charge in [-0.3, -0.25) is 14.5 Å². The van der Waals surface area contributed by atoms with Gasteiger partial charge in [-0.15, -0.1) is 23.1 Å². The van der Waals surface area contributed by atoms with Crippen molar-refractivity contribution in [2.45, 2.75) is 18.0 Å². The molecule has 2 aliphatic rings. The number of anilines is 1. The highest BCUT2D eigenvalue weighted by molar-refractivity contribution is 8.00. The predicted molar refractivity (Wildman–Crippen MR) is 132 cm³/mol. The van der Waals surface area contributed by atoms with Crippen molar-refractivity contribution in [2.24, 2.45) is 5.16 Å². The molecule has 0 saturated carbocycles. The van der Waals surface area contributed by atoms with Gasteiger partial charge in [-0.1, -0.05) is 11.2 Å². The molecule has 1 unspecified atom stereocenters. The summed E-state index contributed by atoms with van der Waals surface area (Å²) < 4.78 is 1.82. The number of aromatic nitrogens is 2. The average Bonchev–Trinajstić information content (AvgIpc) is 3.30. The van der Waals surface area contributed by atoms with Gasteiger partial charge in [-0.2, -0.15) is 0 Å². The van der Waals surface area contributed by atoms with E-state index in [9.17, 15) is 24.3 Å². The highest BCUT2D eigenvalue weighted by Crippen LogP contribution is 2.40. The number of fused-ring (bicyclic) bond motifs is 1. The molecule has 2 aromatic rings. The number of nitrogen functional groups attached to an aromatic ring is 1. The molecule has 192 valence electrons. The first-order valence-corrected chi connectivity index (χ1v) is 12.6. The summed E-state index contributed by atoms with van der Waals surface area (Å²) in [5.74, 6) is -3.39. The zero-order valence-electron chi connectivity index (χ0n) is 19.0. The summed E-state index contributed by atoms with van der Waals surface area (Å²) in [4.78, 5) is 58.9. The molecule has 0 bridgehead atoms. The third-order valence-corrected chi connectivity index (χ3v) is 7.27. The fourth-order valence-corrected chi connectivity index (χ4v) is 5.55. The van der Waals surface area contributed by atoms with Crippen molar-refractivity contribution in [3.8, 4) is 0 Å². The topological polar surface area (TPSA) is 188 Å². The Hall–Kier alpha value is -4.24. The Balaban J connectivity index is 1.50. The van der Waals surface area contributed by atoms with Crippen molar-refractivity contribution in [1.29, 1.82) is 0 Å². The Morgan fingerprint density at radius 1 is 1.30 bits per heavy atom. The number of carboxylic acids is 2. The molecule has 4 heterocycles. The summed E-state index contributed by atoms with van der Waals surface area (Å²) in [7, 11) is 0. The molecule has 13 nitrogen and oxygen atoms in total. The van der Waals surface area contributed by atoms with Crippen LogP contribution in [0.15, 0.2) is 64.6 Å². The predicted octanol–water partition coefficient (Wildman–Crippen LogP) is -0.187. The second kappa shape index (κ2) is 11.2. The summed E-state index contributed by atoms with van der Waals surface area (Å²) in [5, 5.41) is 25.9. The molecule has 0 aromatic carbocycles. The number of nitrogens with two attached hydrogens (primary N) is 1. The monoisotopic (exact) mass is 545 g/mol. The summed E-state index contributed by atoms with van der Waals surface area (Å²) in [6, 6.07) is 4.49. The molecule has 2 atom stereocenters. The number of hydrogen-bond donors (Lipinski definition) is 4. The van der Waals surface area contributed by atoms with Crippen LogP contribution in [0.5, 0.6) is 0 Å². The first-order chi connectivity index (χ1) is 17.8. The van der Waals surface area contributed by atoms with Gasteiger partial charge in [0.1, 0.15) is 29.4 Å². The Bertz CT molecular complexity index is 1320. The van der Waals surface area contributed by atoms with Gasteiger partial charge < -0.3 is 26.1 Å². The third-order valence-electron chi connectivity index (χ3n) is 5.25. The van der Waals surface area contributed by atoms with Crippen molar-refractivity contribution in [1.82, 2.24) is 15.2 Å². The van der Waals surface area contributed by atoms with Gasteiger partial charge >= 0.3 is 11.9 Å². The minimum absolute atomic E-state index is 0.0923. The molecule has 15 heteroatoms. The smallest absolute Gasteiger partial charge is 0.352 e. The van der Waals surface area contributed by atoms with Crippen molar-refractivity contribution >= 4 is 57.7 Å². The van der Waals surface area contributed by atoms with Crippen molar-refractivity contribution < 1.29 is 38.8 Å². The lowest BCUT2D eigenvalue weighted by atomic mass is 10.0. The molecule has 0 spiro atoms. The molecule has 1 fully saturated rings. The van der Waals surface area contributed by atoms with E-state index in [2.05, 4.69) is 15.5 Å². The minimum Gasteiger partial charge on any atom is -0.478 e. The van der Waals surface area contributed by atoms with Gasteiger partial charge in [0.25, 0.3) is 11.8 Å². The van der Waals surface area contributed by atoms with E-state index < -0.39 is 35.2 Å². The molecule has 5 N–H and O–H groups in total. The molecular formula is C22H21N6O7S2+. The Morgan fingerprint density at radius 3 is 2.70 bits per heavy atom. The normalized spacial score (nSPS) is 19.4. The van der Waals surface area contributed by atoms with Gasteiger partial charge in [0, 0.05) is 34.9 Å². The number of β-lactam (4-membered cyclic amide) rings is 1. The number of carbonyl (C=O) groups is 4. The maximum absolute atomic E-state index is 13.0. The quantitative estimate of drug-likeness (QED) is 0.0778. The van der Waals surface area contributed by atoms with E-state index in [0.29, 0.717) is 17.9 Å². The number of nitrogens with one attached hydrogen (secondary N) is 1. The lowest BCUT2D eigenvalue weighted by Crippen LogP contribution is -2.71. The summed E-state index contributed by atoms with van der Waals surface area (Å²) in [5.41, 5.74) is 5.99. The summed E-state index contributed by atoms with van der Waals surface area (Å²) >= 11 is 2.41. The Labute approximate surface area is 217 Å². The second-order valence-corrected chi connectivity index (χ2v) is 9.71. The number of thiazole rings is 1. The molecular weight excluding hydrogens is 524 g/mol. The molecule has 0 aliphatic carbocycles. The molecule has 2 aliphatic heterocycles. The molecule has 2 amide bonds. The van der Waals surface area contributed by atoms with E-state index in [1.54, 1.807) is 12.4 Å². The van der Waals surface area contributed by atoms with Gasteiger partial charge in [-0.05, 0) is 6.08 Å². The Kier molecular flexibility index (Phi) is 7.83. The van der Waals surface area contributed by atoms with Crippen molar-refractivity contribution in [2.75, 3.05) is 18.1 Å². The molecule has 37 heavy (non-hydrogen) atoms. The highest BCUT2D eigenvalue weighted by atomic mass is 32.2. The second-order valence-electron chi connectivity index (χ2n) is 7.71. The molecule has 2 aromatic heterocycles. The molecule has 0 radical (unpaired) electrons. The number of oxime groups is 1. The fourth-order valence-electron chi connectivity index (χ4n) is 3.67. The van der Waals surface area contributed by atoms with Crippen LogP contribution >= 0.6 is 23.1 Å². The fraction of sp³-hybridized carbons (Fsp3) is 0.227. The standard InChI is InChI=1S/C22H20N6O7S2/c23-22-24-13(11-37-22)15(26-35-8-4-5-14(29)30)18(31)25-16-19(32)28-17(21(33)34)12(10-36-20(16)28)9-27-6-2-1-3-7-27/h1-7,11,16,20H,8-10H2,(H4-,23,24,25,29,30,31,33,34)/p+1/b5-4+,26-15+/t16?,20-/m1/s1. The van der Waals surface area contributed by atoms with Crippen molar-refractivity contribution in [3.05, 3.63) is 65.1 Å². The number of rotatable bonds is 10. The van der Waals surface area contributed by atoms with E-state index in [1.807, 2.05) is 22.8 Å². The first-order valence-electron chi connectivity index (χ1n) is 10.7. The molecule has 4 rings (SSSR count). The maximum atomic E-state index is 13.0. The number of carboxylic acid groups (broad SMARTS) is 2. The van der Waals surface area contributed by atoms with Crippen LogP contribution in [0.2, 0.25) is 0 Å². The number of hydrogen-bond acceptors (Lipinski definition) is 10. The average molecular weight is 546 g/mol. The third kappa shape index (κ3) is 5.78. The van der Waals surface area contributed by atoms with Crippen LogP contribution in [0.1, 0.15) is 5.69 Å². The number of nitrogens with zero attached hydrogens (tertiary/aromatic N) is 4. The van der Waals surface area contributed by atoms with Crippen molar-refractivity contribution in [3.63, 3.8) is 0 Å². The zero-order chi connectivity index (χ0) is 26.5. The Morgan fingerprint density at radius 2 is 2.05 bits per heavy atom. The largest absolute Gasteiger partial charge is 0.478 e. The van der Waals surface area contributed by atoms with E-state index in [1.165, 1.54) is 28.1 Å². The number of amides is 2. The number of pyridine rings is 1. The highest BCUT2D eigenvalue weighted by Gasteiger charge is 2.54. The van der Waals surface area contributed by atoms with E-state index in [0.717, 1.165) is 17.4 Å². The van der Waals surface area contributed by atoms with Crippen LogP contribution in [-0.4, -0.2) is 73.3 Å². The number of carbonyl (C=O) groups excluding carboxylic acids is 2.